The van der Waals surface area contributed by atoms with Crippen LogP contribution < -0.4 is 0 Å². The van der Waals surface area contributed by atoms with Gasteiger partial charge >= 0.3 is 11.9 Å². The van der Waals surface area contributed by atoms with Crippen molar-refractivity contribution >= 4 is 11.9 Å². The van der Waals surface area contributed by atoms with E-state index in [2.05, 4.69) is 16.4 Å². The van der Waals surface area contributed by atoms with Crippen LogP contribution in [0.5, 0.6) is 0 Å². The third-order valence-electron chi connectivity index (χ3n) is 2.61. The molecule has 97 valence electrons. The fourth-order valence-corrected chi connectivity index (χ4v) is 1.64. The van der Waals surface area contributed by atoms with Crippen LogP contribution in [-0.4, -0.2) is 26.2 Å². The first kappa shape index (κ1) is 14.2. The van der Waals surface area contributed by atoms with Crippen molar-refractivity contribution in [3.8, 4) is 0 Å². The van der Waals surface area contributed by atoms with E-state index in [4.69, 9.17) is 0 Å². The predicted octanol–water partition coefficient (Wildman–Crippen LogP) is 2.42. The van der Waals surface area contributed by atoms with Crippen LogP contribution in [0.3, 0.4) is 0 Å². The van der Waals surface area contributed by atoms with E-state index in [1.807, 2.05) is 6.07 Å². The fourth-order valence-electron chi connectivity index (χ4n) is 1.64. The largest absolute Gasteiger partial charge is 0.465 e. The van der Waals surface area contributed by atoms with Crippen LogP contribution in [-0.2, 0) is 15.9 Å². The van der Waals surface area contributed by atoms with Crippen molar-refractivity contribution < 1.29 is 19.1 Å². The van der Waals surface area contributed by atoms with Crippen molar-refractivity contribution in [3.05, 3.63) is 41.8 Å². The molecular formula is C14H17O4. The van der Waals surface area contributed by atoms with Crippen molar-refractivity contribution in [1.29, 1.82) is 0 Å². The number of hydrogen-bond acceptors (Lipinski definition) is 4. The van der Waals surface area contributed by atoms with Crippen molar-refractivity contribution in [2.45, 2.75) is 19.3 Å². The van der Waals surface area contributed by atoms with Gasteiger partial charge in [-0.25, -0.2) is 9.59 Å². The van der Waals surface area contributed by atoms with Crippen LogP contribution in [0.25, 0.3) is 0 Å². The summed E-state index contributed by atoms with van der Waals surface area (Å²) < 4.78 is 9.31. The number of benzene rings is 1. The summed E-state index contributed by atoms with van der Waals surface area (Å²) in [6.07, 6.45) is 2.57. The third kappa shape index (κ3) is 3.32. The van der Waals surface area contributed by atoms with E-state index in [0.29, 0.717) is 0 Å². The van der Waals surface area contributed by atoms with Crippen molar-refractivity contribution in [1.82, 2.24) is 0 Å². The molecule has 4 nitrogen and oxygen atoms in total. The van der Waals surface area contributed by atoms with Crippen LogP contribution in [0.4, 0.5) is 0 Å². The highest BCUT2D eigenvalue weighted by atomic mass is 16.5. The first-order valence-corrected chi connectivity index (χ1v) is 5.72. The molecule has 0 aliphatic rings. The van der Waals surface area contributed by atoms with Gasteiger partial charge in [-0.05, 0) is 30.5 Å². The summed E-state index contributed by atoms with van der Waals surface area (Å²) in [6.45, 7) is 3.77. The molecule has 0 N–H and O–H groups in total. The lowest BCUT2D eigenvalue weighted by atomic mass is 10.0. The number of ether oxygens (including phenoxy) is 2. The van der Waals surface area contributed by atoms with E-state index in [9.17, 15) is 9.59 Å². The van der Waals surface area contributed by atoms with Crippen molar-refractivity contribution in [2.75, 3.05) is 14.2 Å². The van der Waals surface area contributed by atoms with Gasteiger partial charge in [0.15, 0.2) is 0 Å². The molecule has 1 radical (unpaired) electrons. The molecule has 0 aromatic heterocycles. The normalized spacial score (nSPS) is 9.94. The summed E-state index contributed by atoms with van der Waals surface area (Å²) >= 11 is 0. The molecule has 0 aliphatic carbocycles. The zero-order chi connectivity index (χ0) is 13.5. The summed E-state index contributed by atoms with van der Waals surface area (Å²) in [5.41, 5.74) is 1.44. The summed E-state index contributed by atoms with van der Waals surface area (Å²) in [5, 5.41) is 0. The number of esters is 2. The molecule has 0 unspecified atom stereocenters. The lowest BCUT2D eigenvalue weighted by Gasteiger charge is -2.08. The van der Waals surface area contributed by atoms with E-state index >= 15 is 0 Å². The Bertz CT molecular complexity index is 437. The Morgan fingerprint density at radius 1 is 1.11 bits per heavy atom. The van der Waals surface area contributed by atoms with Crippen LogP contribution in [0.15, 0.2) is 18.2 Å². The average molecular weight is 249 g/mol. The third-order valence-corrected chi connectivity index (χ3v) is 2.61. The van der Waals surface area contributed by atoms with Crippen LogP contribution in [0, 0.1) is 6.92 Å². The molecule has 0 fully saturated rings. The molecule has 0 aliphatic heterocycles. The quantitative estimate of drug-likeness (QED) is 0.752. The highest BCUT2D eigenvalue weighted by molar-refractivity contribution is 6.03. The summed E-state index contributed by atoms with van der Waals surface area (Å²) in [7, 11) is 2.56. The van der Waals surface area contributed by atoms with Gasteiger partial charge in [0.25, 0.3) is 0 Å². The van der Waals surface area contributed by atoms with Gasteiger partial charge in [0.1, 0.15) is 0 Å². The molecule has 18 heavy (non-hydrogen) atoms. The molecule has 1 aromatic rings. The summed E-state index contributed by atoms with van der Waals surface area (Å²) in [6, 6.07) is 5.08. The fraction of sp³-hybridized carbons (Fsp3) is 0.357. The zero-order valence-corrected chi connectivity index (χ0v) is 10.7. The molecule has 0 saturated heterocycles. The molecule has 0 heterocycles. The van der Waals surface area contributed by atoms with E-state index in [-0.39, 0.29) is 11.1 Å². The van der Waals surface area contributed by atoms with Crippen molar-refractivity contribution in [2.24, 2.45) is 0 Å². The zero-order valence-electron chi connectivity index (χ0n) is 10.7. The maximum atomic E-state index is 11.6. The number of methoxy groups -OCH3 is 2. The molecule has 4 heteroatoms. The Hall–Kier alpha value is -1.84. The summed E-state index contributed by atoms with van der Waals surface area (Å²) in [4.78, 5) is 23.2. The number of rotatable bonds is 5. The van der Waals surface area contributed by atoms with Gasteiger partial charge in [-0.15, -0.1) is 0 Å². The lowest BCUT2D eigenvalue weighted by Crippen LogP contribution is -2.12. The Morgan fingerprint density at radius 3 is 2.28 bits per heavy atom. The number of aryl methyl sites for hydroxylation is 1. The highest BCUT2D eigenvalue weighted by Gasteiger charge is 2.18. The van der Waals surface area contributed by atoms with E-state index < -0.39 is 11.9 Å². The molecular weight excluding hydrogens is 232 g/mol. The van der Waals surface area contributed by atoms with E-state index in [1.165, 1.54) is 14.2 Å². The lowest BCUT2D eigenvalue weighted by molar-refractivity contribution is 0.0555. The molecule has 0 amide bonds. The van der Waals surface area contributed by atoms with E-state index in [1.54, 1.807) is 12.1 Å². The van der Waals surface area contributed by atoms with Gasteiger partial charge in [0.05, 0.1) is 25.3 Å². The van der Waals surface area contributed by atoms with Gasteiger partial charge in [-0.2, -0.15) is 0 Å². The SMILES string of the molecule is [CH2]CCCc1ccc(C(=O)OC)c(C(=O)OC)c1. The van der Waals surface area contributed by atoms with Gasteiger partial charge < -0.3 is 9.47 Å². The van der Waals surface area contributed by atoms with Crippen LogP contribution in [0.1, 0.15) is 39.1 Å². The van der Waals surface area contributed by atoms with Crippen molar-refractivity contribution in [3.63, 3.8) is 0 Å². The molecule has 0 saturated carbocycles. The first-order chi connectivity index (χ1) is 8.63. The second-order valence-electron chi connectivity index (χ2n) is 3.82. The second kappa shape index (κ2) is 6.79. The maximum Gasteiger partial charge on any atom is 0.338 e. The second-order valence-corrected chi connectivity index (χ2v) is 3.82. The van der Waals surface area contributed by atoms with Crippen LogP contribution in [0.2, 0.25) is 0 Å². The number of hydrogen-bond donors (Lipinski definition) is 0. The number of carbonyl (C=O) groups is 2. The average Bonchev–Trinajstić information content (AvgIpc) is 2.43. The Labute approximate surface area is 107 Å². The minimum absolute atomic E-state index is 0.225. The maximum absolute atomic E-state index is 11.6. The standard InChI is InChI=1S/C14H17O4/c1-4-5-6-10-7-8-11(13(15)17-2)12(9-10)14(16)18-3/h7-9H,1,4-6H2,2-3H3. The number of carbonyl (C=O) groups excluding carboxylic acids is 2. The van der Waals surface area contributed by atoms with E-state index in [0.717, 1.165) is 24.8 Å². The first-order valence-electron chi connectivity index (χ1n) is 5.72. The summed E-state index contributed by atoms with van der Waals surface area (Å²) in [5.74, 6) is -1.08. The Balaban J connectivity index is 3.12. The number of unbranched alkanes of at least 4 members (excludes halogenated alkanes) is 1. The predicted molar refractivity (Wildman–Crippen MR) is 67.4 cm³/mol. The Morgan fingerprint density at radius 2 is 1.72 bits per heavy atom. The highest BCUT2D eigenvalue weighted by Crippen LogP contribution is 2.16. The topological polar surface area (TPSA) is 52.6 Å². The molecule has 0 atom stereocenters. The molecule has 0 spiro atoms. The monoisotopic (exact) mass is 249 g/mol. The van der Waals surface area contributed by atoms with Crippen LogP contribution >= 0.6 is 0 Å². The minimum Gasteiger partial charge on any atom is -0.465 e. The minimum atomic E-state index is -0.542. The molecule has 0 bridgehead atoms. The Kier molecular flexibility index (Phi) is 5.36. The van der Waals surface area contributed by atoms with Gasteiger partial charge in [0, 0.05) is 0 Å². The molecule has 1 aromatic carbocycles. The van der Waals surface area contributed by atoms with Gasteiger partial charge in [-0.1, -0.05) is 19.4 Å². The molecule has 1 rings (SSSR count). The van der Waals surface area contributed by atoms with Gasteiger partial charge in [0.2, 0.25) is 0 Å². The smallest absolute Gasteiger partial charge is 0.338 e. The van der Waals surface area contributed by atoms with Gasteiger partial charge in [-0.3, -0.25) is 0 Å².